The summed E-state index contributed by atoms with van der Waals surface area (Å²) in [7, 11) is 0. The van der Waals surface area contributed by atoms with Crippen LogP contribution in [0.15, 0.2) is 67.0 Å². The van der Waals surface area contributed by atoms with Crippen molar-refractivity contribution in [3.05, 3.63) is 88.6 Å². The molecule has 0 saturated heterocycles. The zero-order valence-corrected chi connectivity index (χ0v) is 14.8. The van der Waals surface area contributed by atoms with Gasteiger partial charge in [0.2, 0.25) is 0 Å². The molecule has 2 aliphatic carbocycles. The lowest BCUT2D eigenvalue weighted by Crippen LogP contribution is -2.33. The molecule has 0 saturated carbocycles. The Labute approximate surface area is 154 Å². The van der Waals surface area contributed by atoms with Crippen molar-refractivity contribution in [2.75, 3.05) is 0 Å². The maximum atomic E-state index is 9.73. The second kappa shape index (κ2) is 7.49. The Morgan fingerprint density at radius 2 is 1.58 bits per heavy atom. The Morgan fingerprint density at radius 1 is 0.769 bits per heavy atom. The van der Waals surface area contributed by atoms with Crippen LogP contribution in [-0.4, -0.2) is 5.11 Å². The number of allylic oxidation sites excluding steroid dienone is 4. The van der Waals surface area contributed by atoms with Crippen LogP contribution in [0.3, 0.4) is 0 Å². The summed E-state index contributed by atoms with van der Waals surface area (Å²) in [6.07, 6.45) is 20.9. The number of hydrogen-bond acceptors (Lipinski definition) is 2. The van der Waals surface area contributed by atoms with Crippen molar-refractivity contribution in [3.63, 3.8) is 0 Å². The summed E-state index contributed by atoms with van der Waals surface area (Å²) in [6.45, 7) is 0. The fourth-order valence-corrected chi connectivity index (χ4v) is 3.75. The molecular weight excluding hydrogens is 318 g/mol. The van der Waals surface area contributed by atoms with Gasteiger partial charge in [-0.15, -0.1) is 0 Å². The minimum absolute atomic E-state index is 0.355. The fraction of sp³-hybridized carbons (Fsp3) is 0.167. The molecule has 2 heteroatoms. The number of nitrogens with one attached hydrogen (secondary N) is 1. The summed E-state index contributed by atoms with van der Waals surface area (Å²) in [5.74, 6) is 0.355. The molecule has 5 rings (SSSR count). The molecule has 2 N–H and O–H groups in total. The lowest BCUT2D eigenvalue weighted by Gasteiger charge is -2.18. The number of fused-ring (bicyclic) bond motifs is 5. The molecule has 0 atom stereocenters. The molecule has 0 amide bonds. The van der Waals surface area contributed by atoms with Crippen LogP contribution in [0.4, 0.5) is 0 Å². The number of aromatic hydroxyl groups is 1. The standard InChI is InChI=1S/C18H16O.C6H7N/c19-14-8-5-13-7-9-16-15-4-2-1-3-12(15)6-10-17(16)18(13)11-14;1-2-4-6-7-5-3-1/h4-6,8-11,19H,1-3,7H2;1-7H. The SMILES string of the molecule is C1=CC=CNC=C1.Oc1ccc2c(c1)-c1ccc3c(c1=CC2)=CCCC3. The van der Waals surface area contributed by atoms with Crippen molar-refractivity contribution < 1.29 is 5.11 Å². The van der Waals surface area contributed by atoms with Crippen LogP contribution in [0.1, 0.15) is 24.0 Å². The number of rotatable bonds is 0. The van der Waals surface area contributed by atoms with Crippen LogP contribution in [0.25, 0.3) is 23.3 Å². The predicted octanol–water partition coefficient (Wildman–Crippen LogP) is 3.69. The van der Waals surface area contributed by atoms with E-state index in [4.69, 9.17) is 0 Å². The van der Waals surface area contributed by atoms with Crippen molar-refractivity contribution in [2.24, 2.45) is 0 Å². The van der Waals surface area contributed by atoms with E-state index in [0.29, 0.717) is 5.75 Å². The number of aryl methyl sites for hydroxylation is 1. The zero-order valence-electron chi connectivity index (χ0n) is 14.8. The van der Waals surface area contributed by atoms with Crippen LogP contribution in [0, 0.1) is 0 Å². The summed E-state index contributed by atoms with van der Waals surface area (Å²) in [5.41, 5.74) is 5.25. The third-order valence-electron chi connectivity index (χ3n) is 5.00. The molecule has 26 heavy (non-hydrogen) atoms. The average molecular weight is 341 g/mol. The van der Waals surface area contributed by atoms with E-state index in [1.165, 1.54) is 52.0 Å². The maximum Gasteiger partial charge on any atom is 0.116 e. The second-order valence-corrected chi connectivity index (χ2v) is 6.72. The largest absolute Gasteiger partial charge is 0.508 e. The molecule has 1 heterocycles. The normalized spacial score (nSPS) is 15.7. The minimum Gasteiger partial charge on any atom is -0.508 e. The lowest BCUT2D eigenvalue weighted by molar-refractivity contribution is 0.475. The van der Waals surface area contributed by atoms with E-state index in [2.05, 4.69) is 29.6 Å². The van der Waals surface area contributed by atoms with Crippen LogP contribution < -0.4 is 15.8 Å². The van der Waals surface area contributed by atoms with Crippen LogP contribution in [0.5, 0.6) is 5.75 Å². The number of phenols is 1. The van der Waals surface area contributed by atoms with E-state index in [0.717, 1.165) is 6.42 Å². The van der Waals surface area contributed by atoms with E-state index in [1.54, 1.807) is 6.07 Å². The van der Waals surface area contributed by atoms with E-state index < -0.39 is 0 Å². The number of phenolic OH excluding ortho intramolecular Hbond substituents is 1. The third kappa shape index (κ3) is 3.36. The summed E-state index contributed by atoms with van der Waals surface area (Å²) in [5, 5.41) is 15.5. The van der Waals surface area contributed by atoms with Gasteiger partial charge >= 0.3 is 0 Å². The molecule has 2 aromatic carbocycles. The van der Waals surface area contributed by atoms with E-state index >= 15 is 0 Å². The van der Waals surface area contributed by atoms with Crippen LogP contribution in [-0.2, 0) is 12.8 Å². The van der Waals surface area contributed by atoms with Crippen molar-refractivity contribution >= 4 is 12.2 Å². The van der Waals surface area contributed by atoms with Gasteiger partial charge < -0.3 is 10.4 Å². The topological polar surface area (TPSA) is 32.3 Å². The van der Waals surface area contributed by atoms with E-state index in [1.807, 2.05) is 48.8 Å². The molecule has 0 bridgehead atoms. The summed E-state index contributed by atoms with van der Waals surface area (Å²) in [6, 6.07) is 10.2. The molecule has 3 aliphatic rings. The Kier molecular flexibility index (Phi) is 4.74. The Morgan fingerprint density at radius 3 is 2.42 bits per heavy atom. The third-order valence-corrected chi connectivity index (χ3v) is 5.00. The highest BCUT2D eigenvalue weighted by Gasteiger charge is 2.14. The van der Waals surface area contributed by atoms with Crippen molar-refractivity contribution in [1.29, 1.82) is 0 Å². The van der Waals surface area contributed by atoms with Gasteiger partial charge in [0.25, 0.3) is 0 Å². The van der Waals surface area contributed by atoms with Gasteiger partial charge in [-0.2, -0.15) is 0 Å². The van der Waals surface area contributed by atoms with Crippen molar-refractivity contribution in [3.8, 4) is 16.9 Å². The number of hydrogen-bond donors (Lipinski definition) is 2. The van der Waals surface area contributed by atoms with Gasteiger partial charge in [0.1, 0.15) is 5.75 Å². The minimum atomic E-state index is 0.355. The second-order valence-electron chi connectivity index (χ2n) is 6.72. The monoisotopic (exact) mass is 341 g/mol. The quantitative estimate of drug-likeness (QED) is 0.766. The molecule has 2 nitrogen and oxygen atoms in total. The van der Waals surface area contributed by atoms with Crippen molar-refractivity contribution in [1.82, 2.24) is 5.32 Å². The molecule has 0 fully saturated rings. The highest BCUT2D eigenvalue weighted by atomic mass is 16.3. The highest BCUT2D eigenvalue weighted by Crippen LogP contribution is 2.28. The Hall–Kier alpha value is -3.00. The molecule has 0 aromatic heterocycles. The number of benzene rings is 2. The van der Waals surface area contributed by atoms with Crippen LogP contribution in [0.2, 0.25) is 0 Å². The molecule has 130 valence electrons. The van der Waals surface area contributed by atoms with Gasteiger partial charge in [-0.05, 0) is 82.7 Å². The molecule has 0 spiro atoms. The predicted molar refractivity (Wildman–Crippen MR) is 109 cm³/mol. The van der Waals surface area contributed by atoms with Gasteiger partial charge in [0.05, 0.1) is 0 Å². The van der Waals surface area contributed by atoms with Gasteiger partial charge in [0.15, 0.2) is 0 Å². The molecule has 1 aliphatic heterocycles. The lowest BCUT2D eigenvalue weighted by atomic mass is 9.87. The van der Waals surface area contributed by atoms with Gasteiger partial charge in [-0.3, -0.25) is 0 Å². The molecule has 0 unspecified atom stereocenters. The van der Waals surface area contributed by atoms with Crippen molar-refractivity contribution in [2.45, 2.75) is 25.7 Å². The zero-order chi connectivity index (χ0) is 17.8. The summed E-state index contributed by atoms with van der Waals surface area (Å²) in [4.78, 5) is 0. The smallest absolute Gasteiger partial charge is 0.116 e. The molecule has 0 radical (unpaired) electrons. The van der Waals surface area contributed by atoms with E-state index in [9.17, 15) is 5.11 Å². The maximum absolute atomic E-state index is 9.73. The first kappa shape index (κ1) is 16.5. The van der Waals surface area contributed by atoms with Crippen LogP contribution >= 0.6 is 0 Å². The molecular formula is C24H23NO. The first-order valence-corrected chi connectivity index (χ1v) is 9.22. The summed E-state index contributed by atoms with van der Waals surface area (Å²) >= 11 is 0. The Balaban J connectivity index is 0.000000204. The first-order valence-electron chi connectivity index (χ1n) is 9.22. The average Bonchev–Trinajstić information content (AvgIpc) is 3.01. The van der Waals surface area contributed by atoms with E-state index in [-0.39, 0.29) is 0 Å². The van der Waals surface area contributed by atoms with Gasteiger partial charge in [-0.1, -0.05) is 42.5 Å². The van der Waals surface area contributed by atoms with Gasteiger partial charge in [-0.25, -0.2) is 0 Å². The summed E-state index contributed by atoms with van der Waals surface area (Å²) < 4.78 is 0. The first-order chi connectivity index (χ1) is 12.8. The highest BCUT2D eigenvalue weighted by molar-refractivity contribution is 5.75. The molecule has 2 aromatic rings. The van der Waals surface area contributed by atoms with Gasteiger partial charge in [0, 0.05) is 12.4 Å². The fourth-order valence-electron chi connectivity index (χ4n) is 3.75. The Bertz CT molecular complexity index is 1010.